The zero-order chi connectivity index (χ0) is 24.7. The average Bonchev–Trinajstić information content (AvgIpc) is 3.15. The monoisotopic (exact) mass is 469 g/mol. The maximum atomic E-state index is 13.4. The number of Topliss-reactive ketones (excluding diaryl/α,β-unsaturated/α-hetero) is 1. The summed E-state index contributed by atoms with van der Waals surface area (Å²) in [7, 11) is 1.58. The van der Waals surface area contributed by atoms with Gasteiger partial charge in [0.1, 0.15) is 17.3 Å². The highest BCUT2D eigenvalue weighted by atomic mass is 16.5. The number of ether oxygens (including phenoxy) is 2. The number of benzene rings is 3. The summed E-state index contributed by atoms with van der Waals surface area (Å²) in [6, 6.07) is 17.5. The molecule has 3 aromatic carbocycles. The van der Waals surface area contributed by atoms with E-state index in [0.29, 0.717) is 29.2 Å². The molecule has 3 aromatic rings. The third-order valence-electron chi connectivity index (χ3n) is 6.83. The first kappa shape index (κ1) is 22.7. The van der Waals surface area contributed by atoms with Crippen LogP contribution in [0.1, 0.15) is 40.3 Å². The van der Waals surface area contributed by atoms with Crippen molar-refractivity contribution in [2.45, 2.75) is 32.7 Å². The molecule has 1 unspecified atom stereocenters. The Morgan fingerprint density at radius 1 is 1.00 bits per heavy atom. The van der Waals surface area contributed by atoms with E-state index in [9.17, 15) is 14.7 Å². The predicted octanol–water partition coefficient (Wildman–Crippen LogP) is 5.26. The number of anilines is 1. The van der Waals surface area contributed by atoms with Gasteiger partial charge in [0.2, 0.25) is 0 Å². The lowest BCUT2D eigenvalue weighted by molar-refractivity contribution is -0.132. The summed E-state index contributed by atoms with van der Waals surface area (Å²) in [5.74, 6) is -0.127. The number of hydrogen-bond donors (Lipinski definition) is 1. The minimum atomic E-state index is -0.782. The number of carbonyl (C=O) groups is 2. The van der Waals surface area contributed by atoms with Gasteiger partial charge in [0.25, 0.3) is 11.7 Å². The van der Waals surface area contributed by atoms with E-state index in [4.69, 9.17) is 9.47 Å². The van der Waals surface area contributed by atoms with Crippen LogP contribution in [0.3, 0.4) is 0 Å². The first-order chi connectivity index (χ1) is 16.9. The van der Waals surface area contributed by atoms with E-state index in [1.54, 1.807) is 25.3 Å². The topological polar surface area (TPSA) is 76.1 Å². The number of fused-ring (bicyclic) bond motifs is 1. The quantitative estimate of drug-likeness (QED) is 0.320. The van der Waals surface area contributed by atoms with Gasteiger partial charge in [-0.25, -0.2) is 0 Å². The molecular weight excluding hydrogens is 442 g/mol. The van der Waals surface area contributed by atoms with E-state index < -0.39 is 17.7 Å². The Bertz CT molecular complexity index is 1360. The molecule has 178 valence electrons. The van der Waals surface area contributed by atoms with Crippen molar-refractivity contribution in [3.8, 4) is 11.5 Å². The molecule has 0 radical (unpaired) electrons. The van der Waals surface area contributed by atoms with Crippen LogP contribution in [0.25, 0.3) is 5.76 Å². The van der Waals surface area contributed by atoms with Crippen LogP contribution >= 0.6 is 0 Å². The van der Waals surface area contributed by atoms with Crippen LogP contribution in [-0.2, 0) is 16.0 Å². The Kier molecular flexibility index (Phi) is 5.81. The number of aliphatic hydroxyl groups excluding tert-OH is 1. The Balaban J connectivity index is 1.69. The number of aliphatic hydroxyl groups is 1. The van der Waals surface area contributed by atoms with E-state index in [-0.39, 0.29) is 11.3 Å². The van der Waals surface area contributed by atoms with E-state index in [0.717, 1.165) is 35.3 Å². The lowest BCUT2D eigenvalue weighted by Crippen LogP contribution is -2.29. The highest BCUT2D eigenvalue weighted by Crippen LogP contribution is 2.43. The summed E-state index contributed by atoms with van der Waals surface area (Å²) in [5, 5.41) is 11.4. The molecule has 0 aromatic heterocycles. The van der Waals surface area contributed by atoms with Crippen molar-refractivity contribution in [1.29, 1.82) is 0 Å². The molecule has 1 saturated heterocycles. The van der Waals surface area contributed by atoms with Crippen LogP contribution in [0.2, 0.25) is 0 Å². The van der Waals surface area contributed by atoms with Gasteiger partial charge < -0.3 is 14.6 Å². The molecule has 1 amide bonds. The number of amides is 1. The summed E-state index contributed by atoms with van der Waals surface area (Å²) in [6.07, 6.45) is 1.72. The molecule has 2 aliphatic heterocycles. The lowest BCUT2D eigenvalue weighted by Gasteiger charge is -2.26. The highest BCUT2D eigenvalue weighted by molar-refractivity contribution is 6.51. The predicted molar refractivity (Wildman–Crippen MR) is 134 cm³/mol. The number of carbonyl (C=O) groups excluding carboxylic acids is 2. The van der Waals surface area contributed by atoms with Crippen molar-refractivity contribution < 1.29 is 24.2 Å². The Morgan fingerprint density at radius 3 is 2.49 bits per heavy atom. The van der Waals surface area contributed by atoms with Gasteiger partial charge in [-0.3, -0.25) is 14.5 Å². The molecule has 0 bridgehead atoms. The van der Waals surface area contributed by atoms with Crippen LogP contribution < -0.4 is 14.4 Å². The number of methoxy groups -OCH3 is 1. The van der Waals surface area contributed by atoms with E-state index in [1.165, 1.54) is 4.90 Å². The van der Waals surface area contributed by atoms with E-state index in [1.807, 2.05) is 56.3 Å². The number of nitrogens with zero attached hydrogens (tertiary/aromatic N) is 1. The Labute approximate surface area is 204 Å². The third-order valence-corrected chi connectivity index (χ3v) is 6.83. The van der Waals surface area contributed by atoms with Gasteiger partial charge in [-0.2, -0.15) is 0 Å². The van der Waals surface area contributed by atoms with Crippen LogP contribution in [-0.4, -0.2) is 30.5 Å². The summed E-state index contributed by atoms with van der Waals surface area (Å²) in [6.45, 7) is 4.62. The number of hydrogen-bond acceptors (Lipinski definition) is 5. The summed E-state index contributed by atoms with van der Waals surface area (Å²) in [4.78, 5) is 28.2. The van der Waals surface area contributed by atoms with Crippen molar-refractivity contribution in [2.75, 3.05) is 18.6 Å². The normalized spacial score (nSPS) is 18.8. The van der Waals surface area contributed by atoms with Crippen LogP contribution in [0, 0.1) is 13.8 Å². The SMILES string of the molecule is COc1ccc(C2/C(=C(/O)c3ccc4c(c3)CCCO4)C(=O)C(=O)N2c2ccc(C)c(C)c2)cc1. The average molecular weight is 470 g/mol. The Morgan fingerprint density at radius 2 is 1.77 bits per heavy atom. The molecule has 6 nitrogen and oxygen atoms in total. The van der Waals surface area contributed by atoms with Crippen LogP contribution in [0.5, 0.6) is 11.5 Å². The zero-order valence-corrected chi connectivity index (χ0v) is 20.0. The Hall–Kier alpha value is -4.06. The minimum Gasteiger partial charge on any atom is -0.507 e. The standard InChI is InChI=1S/C29H27NO5/c1-17-6-10-22(15-18(17)2)30-26(19-7-11-23(34-3)12-8-19)25(28(32)29(30)33)27(31)21-9-13-24-20(16-21)5-4-14-35-24/h6-13,15-16,26,31H,4-5,14H2,1-3H3/b27-25-. The van der Waals surface area contributed by atoms with Crippen molar-refractivity contribution in [3.05, 3.63) is 94.1 Å². The second-order valence-electron chi connectivity index (χ2n) is 8.99. The molecule has 1 fully saturated rings. The smallest absolute Gasteiger partial charge is 0.300 e. The highest BCUT2D eigenvalue weighted by Gasteiger charge is 2.47. The molecule has 35 heavy (non-hydrogen) atoms. The fourth-order valence-electron chi connectivity index (χ4n) is 4.74. The van der Waals surface area contributed by atoms with Crippen LogP contribution in [0.4, 0.5) is 5.69 Å². The number of rotatable bonds is 4. The molecule has 0 spiro atoms. The summed E-state index contributed by atoms with van der Waals surface area (Å²) < 4.78 is 11.0. The molecule has 1 atom stereocenters. The maximum Gasteiger partial charge on any atom is 0.300 e. The van der Waals surface area contributed by atoms with Gasteiger partial charge in [0, 0.05) is 11.3 Å². The number of ketones is 1. The molecule has 6 heteroatoms. The minimum absolute atomic E-state index is 0.0649. The van der Waals surface area contributed by atoms with Crippen molar-refractivity contribution in [1.82, 2.24) is 0 Å². The lowest BCUT2D eigenvalue weighted by atomic mass is 9.93. The molecule has 2 heterocycles. The first-order valence-corrected chi connectivity index (χ1v) is 11.7. The van der Waals surface area contributed by atoms with Crippen molar-refractivity contribution in [3.63, 3.8) is 0 Å². The summed E-state index contributed by atoms with van der Waals surface area (Å²) in [5.41, 5.74) is 4.93. The fourth-order valence-corrected chi connectivity index (χ4v) is 4.74. The second kappa shape index (κ2) is 8.95. The van der Waals surface area contributed by atoms with Gasteiger partial charge in [0.05, 0.1) is 25.3 Å². The van der Waals surface area contributed by atoms with Crippen molar-refractivity contribution in [2.24, 2.45) is 0 Å². The first-order valence-electron chi connectivity index (χ1n) is 11.7. The largest absolute Gasteiger partial charge is 0.507 e. The maximum absolute atomic E-state index is 13.4. The van der Waals surface area contributed by atoms with Gasteiger partial charge in [0.15, 0.2) is 0 Å². The molecule has 0 saturated carbocycles. The molecular formula is C29H27NO5. The number of aryl methyl sites for hydroxylation is 3. The van der Waals surface area contributed by atoms with Crippen LogP contribution in [0.15, 0.2) is 66.2 Å². The second-order valence-corrected chi connectivity index (χ2v) is 8.99. The van der Waals surface area contributed by atoms with Crippen molar-refractivity contribution >= 4 is 23.1 Å². The molecule has 2 aliphatic rings. The molecule has 5 rings (SSSR count). The van der Waals surface area contributed by atoms with E-state index >= 15 is 0 Å². The van der Waals surface area contributed by atoms with Gasteiger partial charge >= 0.3 is 0 Å². The van der Waals surface area contributed by atoms with E-state index in [2.05, 4.69) is 0 Å². The van der Waals surface area contributed by atoms with Gasteiger partial charge in [-0.05, 0) is 91.4 Å². The van der Waals surface area contributed by atoms with Gasteiger partial charge in [-0.1, -0.05) is 18.2 Å². The zero-order valence-electron chi connectivity index (χ0n) is 20.0. The fraction of sp³-hybridized carbons (Fsp3) is 0.241. The third kappa shape index (κ3) is 3.95. The molecule has 0 aliphatic carbocycles. The van der Waals surface area contributed by atoms with Gasteiger partial charge in [-0.15, -0.1) is 0 Å². The molecule has 1 N–H and O–H groups in total. The summed E-state index contributed by atoms with van der Waals surface area (Å²) >= 11 is 0.